The highest BCUT2D eigenvalue weighted by atomic mass is 16.5. The lowest BCUT2D eigenvalue weighted by molar-refractivity contribution is 0.190. The zero-order valence-electron chi connectivity index (χ0n) is 11.1. The number of hydrogen-bond donors (Lipinski definition) is 1. The zero-order valence-corrected chi connectivity index (χ0v) is 11.1. The summed E-state index contributed by atoms with van der Waals surface area (Å²) in [5.74, 6) is 1.27. The molecule has 100 valence electrons. The number of nitrogens with zero attached hydrogens (tertiary/aromatic N) is 4. The molecule has 6 nitrogen and oxygen atoms in total. The molecule has 2 aromatic heterocycles. The van der Waals surface area contributed by atoms with E-state index in [-0.39, 0.29) is 6.04 Å². The number of nitrogens with one attached hydrogen (secondary N) is 1. The van der Waals surface area contributed by atoms with Gasteiger partial charge >= 0.3 is 0 Å². The quantitative estimate of drug-likeness (QED) is 0.868. The molecule has 1 fully saturated rings. The van der Waals surface area contributed by atoms with Gasteiger partial charge in [-0.25, -0.2) is 0 Å². The first-order valence-electron chi connectivity index (χ1n) is 6.42. The van der Waals surface area contributed by atoms with Gasteiger partial charge in [-0.3, -0.25) is 9.88 Å². The molecule has 0 saturated carbocycles. The highest BCUT2D eigenvalue weighted by molar-refractivity contribution is 5.55. The molecule has 0 spiro atoms. The average molecular weight is 259 g/mol. The maximum Gasteiger partial charge on any atom is 0.259 e. The molecule has 1 atom stereocenters. The molecule has 0 aromatic carbocycles. The van der Waals surface area contributed by atoms with Crippen molar-refractivity contribution in [2.75, 3.05) is 26.7 Å². The highest BCUT2D eigenvalue weighted by Gasteiger charge is 2.25. The summed E-state index contributed by atoms with van der Waals surface area (Å²) in [6.45, 7) is 4.77. The van der Waals surface area contributed by atoms with Crippen LogP contribution in [0.4, 0.5) is 0 Å². The van der Waals surface area contributed by atoms with Crippen molar-refractivity contribution in [3.8, 4) is 11.5 Å². The molecular formula is C13H17N5O. The largest absolute Gasteiger partial charge is 0.334 e. The average Bonchev–Trinajstić information content (AvgIpc) is 2.89. The normalized spacial score (nSPS) is 20.6. The van der Waals surface area contributed by atoms with E-state index in [1.807, 2.05) is 19.1 Å². The summed E-state index contributed by atoms with van der Waals surface area (Å²) in [4.78, 5) is 11.0. The summed E-state index contributed by atoms with van der Waals surface area (Å²) in [5.41, 5.74) is 1.79. The number of aryl methyl sites for hydroxylation is 1. The molecule has 3 heterocycles. The van der Waals surface area contributed by atoms with Crippen molar-refractivity contribution < 1.29 is 4.52 Å². The van der Waals surface area contributed by atoms with Crippen LogP contribution in [0, 0.1) is 6.92 Å². The zero-order chi connectivity index (χ0) is 13.2. The predicted molar refractivity (Wildman–Crippen MR) is 70.5 cm³/mol. The fourth-order valence-corrected chi connectivity index (χ4v) is 2.28. The summed E-state index contributed by atoms with van der Waals surface area (Å²) in [6, 6.07) is 3.99. The topological polar surface area (TPSA) is 67.1 Å². The number of piperazine rings is 1. The van der Waals surface area contributed by atoms with Crippen molar-refractivity contribution in [1.29, 1.82) is 0 Å². The van der Waals surface area contributed by atoms with Gasteiger partial charge in [-0.15, -0.1) is 0 Å². The maximum atomic E-state index is 5.38. The number of rotatable bonds is 2. The molecule has 0 amide bonds. The summed E-state index contributed by atoms with van der Waals surface area (Å²) < 4.78 is 5.38. The van der Waals surface area contributed by atoms with Crippen LogP contribution in [0.1, 0.15) is 17.6 Å². The Kier molecular flexibility index (Phi) is 3.27. The van der Waals surface area contributed by atoms with E-state index in [4.69, 9.17) is 4.52 Å². The van der Waals surface area contributed by atoms with Crippen LogP contribution in [0.3, 0.4) is 0 Å². The Bertz CT molecular complexity index is 568. The van der Waals surface area contributed by atoms with Gasteiger partial charge in [-0.05, 0) is 26.1 Å². The second-order valence-corrected chi connectivity index (χ2v) is 4.79. The van der Waals surface area contributed by atoms with E-state index in [9.17, 15) is 0 Å². The lowest BCUT2D eigenvalue weighted by Crippen LogP contribution is -2.44. The summed E-state index contributed by atoms with van der Waals surface area (Å²) in [7, 11) is 2.08. The highest BCUT2D eigenvalue weighted by Crippen LogP contribution is 2.23. The third-order valence-corrected chi connectivity index (χ3v) is 3.49. The first kappa shape index (κ1) is 12.3. The van der Waals surface area contributed by atoms with Crippen molar-refractivity contribution in [1.82, 2.24) is 25.3 Å². The second kappa shape index (κ2) is 5.07. The molecule has 1 N–H and O–H groups in total. The fraction of sp³-hybridized carbons (Fsp3) is 0.462. The number of pyridine rings is 1. The summed E-state index contributed by atoms with van der Waals surface area (Å²) in [5, 5.41) is 7.46. The van der Waals surface area contributed by atoms with Crippen LogP contribution >= 0.6 is 0 Å². The van der Waals surface area contributed by atoms with Crippen molar-refractivity contribution in [2.24, 2.45) is 0 Å². The minimum atomic E-state index is 0.170. The Hall–Kier alpha value is -1.79. The molecule has 1 saturated heterocycles. The van der Waals surface area contributed by atoms with Gasteiger partial charge in [0.2, 0.25) is 0 Å². The molecule has 19 heavy (non-hydrogen) atoms. The van der Waals surface area contributed by atoms with Gasteiger partial charge in [-0.2, -0.15) is 4.98 Å². The summed E-state index contributed by atoms with van der Waals surface area (Å²) in [6.07, 6.45) is 1.76. The van der Waals surface area contributed by atoms with Gasteiger partial charge in [0.25, 0.3) is 5.89 Å². The van der Waals surface area contributed by atoms with Crippen LogP contribution in [-0.2, 0) is 0 Å². The minimum absolute atomic E-state index is 0.170. The second-order valence-electron chi connectivity index (χ2n) is 4.79. The standard InChI is InChI=1S/C13H17N5O/c1-9-10(4-3-5-15-9)13-16-12(17-19-13)11-8-14-6-7-18(11)2/h3-5,11,14H,6-8H2,1-2H3. The number of hydrogen-bond acceptors (Lipinski definition) is 6. The van der Waals surface area contributed by atoms with Crippen LogP contribution in [0.2, 0.25) is 0 Å². The third kappa shape index (κ3) is 2.36. The van der Waals surface area contributed by atoms with E-state index in [0.29, 0.717) is 5.89 Å². The van der Waals surface area contributed by atoms with Gasteiger partial charge in [-0.1, -0.05) is 5.16 Å². The van der Waals surface area contributed by atoms with Crippen LogP contribution in [0.25, 0.3) is 11.5 Å². The van der Waals surface area contributed by atoms with Gasteiger partial charge in [0.1, 0.15) is 0 Å². The van der Waals surface area contributed by atoms with Crippen molar-refractivity contribution in [3.63, 3.8) is 0 Å². The number of aromatic nitrogens is 3. The molecule has 2 aromatic rings. The minimum Gasteiger partial charge on any atom is -0.334 e. The first-order chi connectivity index (χ1) is 9.25. The molecule has 1 aliphatic heterocycles. The Labute approximate surface area is 111 Å². The van der Waals surface area contributed by atoms with Crippen LogP contribution < -0.4 is 5.32 Å². The Morgan fingerprint density at radius 3 is 3.16 bits per heavy atom. The SMILES string of the molecule is Cc1ncccc1-c1nc(C2CNCCN2C)no1. The van der Waals surface area contributed by atoms with Crippen molar-refractivity contribution in [3.05, 3.63) is 29.8 Å². The van der Waals surface area contributed by atoms with E-state index in [1.54, 1.807) is 6.20 Å². The molecule has 6 heteroatoms. The molecular weight excluding hydrogens is 242 g/mol. The molecule has 0 aliphatic carbocycles. The summed E-state index contributed by atoms with van der Waals surface area (Å²) >= 11 is 0. The van der Waals surface area contributed by atoms with E-state index >= 15 is 0 Å². The lowest BCUT2D eigenvalue weighted by atomic mass is 10.2. The van der Waals surface area contributed by atoms with Crippen LogP contribution in [0.15, 0.2) is 22.9 Å². The van der Waals surface area contributed by atoms with E-state index in [1.165, 1.54) is 0 Å². The predicted octanol–water partition coefficient (Wildman–Crippen LogP) is 1.02. The smallest absolute Gasteiger partial charge is 0.259 e. The number of likely N-dealkylation sites (N-methyl/N-ethyl adjacent to an activating group) is 1. The van der Waals surface area contributed by atoms with Crippen LogP contribution in [0.5, 0.6) is 0 Å². The Balaban J connectivity index is 1.89. The lowest BCUT2D eigenvalue weighted by Gasteiger charge is -2.30. The molecule has 0 radical (unpaired) electrons. The first-order valence-corrected chi connectivity index (χ1v) is 6.42. The van der Waals surface area contributed by atoms with Gasteiger partial charge < -0.3 is 9.84 Å². The molecule has 3 rings (SSSR count). The third-order valence-electron chi connectivity index (χ3n) is 3.49. The Morgan fingerprint density at radius 1 is 1.47 bits per heavy atom. The van der Waals surface area contributed by atoms with Crippen molar-refractivity contribution in [2.45, 2.75) is 13.0 Å². The Morgan fingerprint density at radius 2 is 2.37 bits per heavy atom. The van der Waals surface area contributed by atoms with Gasteiger partial charge in [0.15, 0.2) is 5.82 Å². The fourth-order valence-electron chi connectivity index (χ4n) is 2.28. The molecule has 0 bridgehead atoms. The molecule has 1 aliphatic rings. The van der Waals surface area contributed by atoms with Gasteiger partial charge in [0.05, 0.1) is 11.6 Å². The molecule has 1 unspecified atom stereocenters. The van der Waals surface area contributed by atoms with Crippen LogP contribution in [-0.4, -0.2) is 46.7 Å². The van der Waals surface area contributed by atoms with E-state index in [2.05, 4.69) is 32.4 Å². The van der Waals surface area contributed by atoms with Crippen molar-refractivity contribution >= 4 is 0 Å². The monoisotopic (exact) mass is 259 g/mol. The maximum absolute atomic E-state index is 5.38. The van der Waals surface area contributed by atoms with Gasteiger partial charge in [0, 0.05) is 31.5 Å². The van der Waals surface area contributed by atoms with E-state index < -0.39 is 0 Å². The van der Waals surface area contributed by atoms with E-state index in [0.717, 1.165) is 36.7 Å².